The molecule has 11 heteroatoms. The van der Waals surface area contributed by atoms with E-state index < -0.39 is 29.3 Å². The van der Waals surface area contributed by atoms with Gasteiger partial charge in [0, 0.05) is 11.8 Å². The smallest absolute Gasteiger partial charge is 0.420 e. The molecule has 0 unspecified atom stereocenters. The molecule has 0 aliphatic heterocycles. The van der Waals surface area contributed by atoms with Gasteiger partial charge in [-0.3, -0.25) is 4.79 Å². The van der Waals surface area contributed by atoms with Crippen LogP contribution in [0, 0.1) is 0 Å². The summed E-state index contributed by atoms with van der Waals surface area (Å²) in [5.74, 6) is -1.29. The maximum absolute atomic E-state index is 13.4. The number of halogens is 3. The highest BCUT2D eigenvalue weighted by molar-refractivity contribution is 7.79. The standard InChI is InChI=1S/C19H19F3N2O5S/c1-2-3-4-9-28-15-7-6-13(10-14(15)19(20,21)22)23-18(27)24(30)17(26)12-5-8-16(25)29-11-12/h5-8,10-11,30H,2-4,9H2,1H3,(H,23,27). The Hall–Kier alpha value is -2.95. The first kappa shape index (κ1) is 23.3. The van der Waals surface area contributed by atoms with Crippen molar-refractivity contribution in [2.24, 2.45) is 0 Å². The first-order chi connectivity index (χ1) is 14.1. The van der Waals surface area contributed by atoms with Crippen LogP contribution in [-0.2, 0) is 6.18 Å². The maximum Gasteiger partial charge on any atom is 0.420 e. The molecule has 0 radical (unpaired) electrons. The second kappa shape index (κ2) is 10.2. The fourth-order valence-electron chi connectivity index (χ4n) is 2.36. The number of urea groups is 1. The van der Waals surface area contributed by atoms with Gasteiger partial charge in [-0.2, -0.15) is 13.2 Å². The van der Waals surface area contributed by atoms with Crippen LogP contribution in [0.1, 0.15) is 42.1 Å². The van der Waals surface area contributed by atoms with Crippen LogP contribution < -0.4 is 15.7 Å². The number of carbonyl (C=O) groups is 2. The molecule has 0 aliphatic carbocycles. The monoisotopic (exact) mass is 444 g/mol. The molecule has 30 heavy (non-hydrogen) atoms. The van der Waals surface area contributed by atoms with Crippen LogP contribution in [-0.4, -0.2) is 22.9 Å². The minimum Gasteiger partial charge on any atom is -0.493 e. The van der Waals surface area contributed by atoms with Crippen LogP contribution in [0.3, 0.4) is 0 Å². The maximum atomic E-state index is 13.4. The molecule has 0 bridgehead atoms. The Balaban J connectivity index is 2.14. The Bertz CT molecular complexity index is 941. The van der Waals surface area contributed by atoms with Crippen molar-refractivity contribution in [1.29, 1.82) is 0 Å². The van der Waals surface area contributed by atoms with Crippen molar-refractivity contribution in [3.05, 3.63) is 58.1 Å². The van der Waals surface area contributed by atoms with E-state index in [1.54, 1.807) is 0 Å². The Labute approximate surface area is 175 Å². The molecular formula is C19H19F3N2O5S. The van der Waals surface area contributed by atoms with Crippen LogP contribution in [0.15, 0.2) is 45.8 Å². The molecule has 0 saturated heterocycles. The fraction of sp³-hybridized carbons (Fsp3) is 0.316. The zero-order valence-electron chi connectivity index (χ0n) is 15.9. The zero-order valence-corrected chi connectivity index (χ0v) is 16.8. The zero-order chi connectivity index (χ0) is 22.3. The number of nitrogens with one attached hydrogen (secondary N) is 1. The van der Waals surface area contributed by atoms with Gasteiger partial charge in [-0.05, 0) is 30.7 Å². The summed E-state index contributed by atoms with van der Waals surface area (Å²) in [7, 11) is 0. The lowest BCUT2D eigenvalue weighted by Crippen LogP contribution is -2.32. The molecule has 1 N–H and O–H groups in total. The van der Waals surface area contributed by atoms with Gasteiger partial charge in [-0.15, -0.1) is 0 Å². The molecule has 2 rings (SSSR count). The van der Waals surface area contributed by atoms with Gasteiger partial charge in [-0.1, -0.05) is 32.6 Å². The normalized spacial score (nSPS) is 11.1. The Morgan fingerprint density at radius 1 is 1.20 bits per heavy atom. The number of benzene rings is 1. The van der Waals surface area contributed by atoms with E-state index >= 15 is 0 Å². The van der Waals surface area contributed by atoms with E-state index in [0.717, 1.165) is 37.3 Å². The number of unbranched alkanes of at least 4 members (excludes halogenated alkanes) is 2. The lowest BCUT2D eigenvalue weighted by Gasteiger charge is -2.17. The number of amides is 3. The molecule has 1 heterocycles. The molecular weight excluding hydrogens is 425 g/mol. The van der Waals surface area contributed by atoms with Crippen molar-refractivity contribution in [2.75, 3.05) is 11.9 Å². The highest BCUT2D eigenvalue weighted by atomic mass is 32.1. The first-order valence-corrected chi connectivity index (χ1v) is 9.30. The van der Waals surface area contributed by atoms with Gasteiger partial charge in [0.05, 0.1) is 17.7 Å². The summed E-state index contributed by atoms with van der Waals surface area (Å²) >= 11 is 3.76. The van der Waals surface area contributed by atoms with Crippen molar-refractivity contribution in [2.45, 2.75) is 32.4 Å². The summed E-state index contributed by atoms with van der Waals surface area (Å²) in [5, 5.41) is 2.16. The van der Waals surface area contributed by atoms with Crippen LogP contribution in [0.4, 0.5) is 23.7 Å². The predicted molar refractivity (Wildman–Crippen MR) is 106 cm³/mol. The van der Waals surface area contributed by atoms with Crippen molar-refractivity contribution in [1.82, 2.24) is 4.31 Å². The molecule has 2 aromatic rings. The average Bonchev–Trinajstić information content (AvgIpc) is 2.70. The van der Waals surface area contributed by atoms with Gasteiger partial charge in [-0.25, -0.2) is 13.9 Å². The molecule has 0 aliphatic rings. The lowest BCUT2D eigenvalue weighted by molar-refractivity contribution is -0.138. The van der Waals surface area contributed by atoms with Crippen molar-refractivity contribution < 1.29 is 31.9 Å². The van der Waals surface area contributed by atoms with E-state index in [9.17, 15) is 27.6 Å². The lowest BCUT2D eigenvalue weighted by atomic mass is 10.1. The summed E-state index contributed by atoms with van der Waals surface area (Å²) in [4.78, 5) is 35.3. The molecule has 3 amide bonds. The molecule has 162 valence electrons. The van der Waals surface area contributed by atoms with Gasteiger partial charge in [0.1, 0.15) is 12.0 Å². The number of anilines is 1. The molecule has 7 nitrogen and oxygen atoms in total. The van der Waals surface area contributed by atoms with Gasteiger partial charge < -0.3 is 14.5 Å². The minimum atomic E-state index is -4.71. The fourth-order valence-corrected chi connectivity index (χ4v) is 2.53. The van der Waals surface area contributed by atoms with E-state index in [-0.39, 0.29) is 23.6 Å². The Morgan fingerprint density at radius 2 is 1.93 bits per heavy atom. The van der Waals surface area contributed by atoms with E-state index in [2.05, 4.69) is 22.5 Å². The molecule has 0 saturated carbocycles. The Kier molecular flexibility index (Phi) is 7.93. The number of hydrogen-bond acceptors (Lipinski definition) is 6. The number of carbonyl (C=O) groups excluding carboxylic acids is 2. The van der Waals surface area contributed by atoms with Crippen molar-refractivity contribution >= 4 is 30.4 Å². The van der Waals surface area contributed by atoms with Crippen LogP contribution in [0.5, 0.6) is 5.75 Å². The largest absolute Gasteiger partial charge is 0.493 e. The summed E-state index contributed by atoms with van der Waals surface area (Å²) in [6.07, 6.45) is -1.53. The van der Waals surface area contributed by atoms with Gasteiger partial charge >= 0.3 is 17.8 Å². The summed E-state index contributed by atoms with van der Waals surface area (Å²) in [6.45, 7) is 2.09. The Morgan fingerprint density at radius 3 is 2.53 bits per heavy atom. The highest BCUT2D eigenvalue weighted by Crippen LogP contribution is 2.38. The van der Waals surface area contributed by atoms with Crippen LogP contribution in [0.2, 0.25) is 0 Å². The summed E-state index contributed by atoms with van der Waals surface area (Å²) < 4.78 is 50.2. The second-order valence-corrected chi connectivity index (χ2v) is 6.55. The molecule has 0 spiro atoms. The third-order valence-corrected chi connectivity index (χ3v) is 4.24. The quantitative estimate of drug-likeness (QED) is 0.475. The molecule has 0 fully saturated rings. The summed E-state index contributed by atoms with van der Waals surface area (Å²) in [6, 6.07) is 4.02. The van der Waals surface area contributed by atoms with E-state index in [1.165, 1.54) is 6.07 Å². The topological polar surface area (TPSA) is 88.9 Å². The predicted octanol–water partition coefficient (Wildman–Crippen LogP) is 4.75. The third-order valence-electron chi connectivity index (χ3n) is 3.87. The minimum absolute atomic E-state index is 0.134. The van der Waals surface area contributed by atoms with Crippen molar-refractivity contribution in [3.8, 4) is 5.75 Å². The van der Waals surface area contributed by atoms with Gasteiger partial charge in [0.15, 0.2) is 0 Å². The number of rotatable bonds is 7. The number of ether oxygens (including phenoxy) is 1. The van der Waals surface area contributed by atoms with Gasteiger partial charge in [0.25, 0.3) is 5.91 Å². The average molecular weight is 444 g/mol. The second-order valence-electron chi connectivity index (χ2n) is 6.15. The molecule has 0 atom stereocenters. The highest BCUT2D eigenvalue weighted by Gasteiger charge is 2.35. The van der Waals surface area contributed by atoms with Crippen LogP contribution in [0.25, 0.3) is 0 Å². The third kappa shape index (κ3) is 6.28. The number of alkyl halides is 3. The van der Waals surface area contributed by atoms with Crippen LogP contribution >= 0.6 is 12.8 Å². The number of imide groups is 1. The molecule has 1 aromatic carbocycles. The van der Waals surface area contributed by atoms with E-state index in [4.69, 9.17) is 4.74 Å². The number of thiol groups is 1. The van der Waals surface area contributed by atoms with E-state index in [1.807, 2.05) is 6.92 Å². The van der Waals surface area contributed by atoms with Gasteiger partial charge in [0.2, 0.25) is 0 Å². The van der Waals surface area contributed by atoms with E-state index in [0.29, 0.717) is 16.8 Å². The summed E-state index contributed by atoms with van der Waals surface area (Å²) in [5.41, 5.74) is -2.11. The van der Waals surface area contributed by atoms with Crippen molar-refractivity contribution in [3.63, 3.8) is 0 Å². The first-order valence-electron chi connectivity index (χ1n) is 8.90. The number of nitrogens with zero attached hydrogens (tertiary/aromatic N) is 1. The number of hydrogen-bond donors (Lipinski definition) is 2. The molecule has 1 aromatic heterocycles. The SMILES string of the molecule is CCCCCOc1ccc(NC(=O)N(S)C(=O)c2ccc(=O)oc2)cc1C(F)(F)F.